The Labute approximate surface area is 195 Å². The molecule has 9 heteroatoms. The lowest BCUT2D eigenvalue weighted by molar-refractivity contribution is 0.0965. The number of para-hydroxylation sites is 1. The van der Waals surface area contributed by atoms with Gasteiger partial charge in [0, 0.05) is 10.9 Å². The van der Waals surface area contributed by atoms with E-state index in [2.05, 4.69) is 9.93 Å². The summed E-state index contributed by atoms with van der Waals surface area (Å²) >= 11 is 12.8. The fraction of sp³-hybridized carbons (Fsp3) is 0.0435. The fourth-order valence-corrected chi connectivity index (χ4v) is 4.57. The number of halogens is 2. The lowest BCUT2D eigenvalue weighted by Crippen LogP contribution is -2.18. The summed E-state index contributed by atoms with van der Waals surface area (Å²) in [6.45, 7) is 1.86. The maximum atomic E-state index is 13.2. The lowest BCUT2D eigenvalue weighted by atomic mass is 10.2. The number of benzene rings is 3. The molecule has 4 aromatic rings. The number of aromatic nitrogens is 1. The van der Waals surface area contributed by atoms with Crippen LogP contribution < -0.4 is 4.83 Å². The van der Waals surface area contributed by atoms with E-state index in [1.54, 1.807) is 60.7 Å². The van der Waals surface area contributed by atoms with Crippen molar-refractivity contribution in [3.8, 4) is 0 Å². The Morgan fingerprint density at radius 1 is 0.969 bits per heavy atom. The van der Waals surface area contributed by atoms with Gasteiger partial charge in [0.2, 0.25) is 0 Å². The van der Waals surface area contributed by atoms with E-state index in [-0.39, 0.29) is 10.0 Å². The molecule has 0 aliphatic rings. The molecule has 0 saturated heterocycles. The van der Waals surface area contributed by atoms with E-state index in [1.807, 2.05) is 6.92 Å². The summed E-state index contributed by atoms with van der Waals surface area (Å²) in [5.74, 6) is -0.406. The number of nitrogens with zero attached hydrogens (tertiary/aromatic N) is 2. The minimum atomic E-state index is -3.85. The zero-order valence-corrected chi connectivity index (χ0v) is 19.1. The van der Waals surface area contributed by atoms with Crippen molar-refractivity contribution in [2.24, 2.45) is 5.10 Å². The quantitative estimate of drug-likeness (QED) is 0.309. The Morgan fingerprint density at radius 2 is 1.62 bits per heavy atom. The monoisotopic (exact) mass is 485 g/mol. The second-order valence-corrected chi connectivity index (χ2v) is 9.43. The summed E-state index contributed by atoms with van der Waals surface area (Å²) in [6.07, 6.45) is 1.28. The van der Waals surface area contributed by atoms with Gasteiger partial charge < -0.3 is 0 Å². The van der Waals surface area contributed by atoms with Crippen LogP contribution in [0.25, 0.3) is 10.9 Å². The normalized spacial score (nSPS) is 11.8. The number of carbonyl (C=O) groups is 1. The number of aryl methyl sites for hydroxylation is 1. The summed E-state index contributed by atoms with van der Waals surface area (Å²) in [7, 11) is -3.85. The van der Waals surface area contributed by atoms with Crippen molar-refractivity contribution in [3.05, 3.63) is 99.7 Å². The van der Waals surface area contributed by atoms with Gasteiger partial charge in [0.25, 0.3) is 15.9 Å². The molecule has 0 atom stereocenters. The Bertz CT molecular complexity index is 1460. The third-order valence-corrected chi connectivity index (χ3v) is 6.80. The van der Waals surface area contributed by atoms with Crippen LogP contribution >= 0.6 is 23.2 Å². The molecular formula is C23H17Cl2N3O3S. The van der Waals surface area contributed by atoms with Crippen molar-refractivity contribution in [2.45, 2.75) is 11.8 Å². The molecular weight excluding hydrogens is 469 g/mol. The molecule has 0 radical (unpaired) electrons. The average Bonchev–Trinajstić information content (AvgIpc) is 3.05. The summed E-state index contributed by atoms with van der Waals surface area (Å²) in [4.78, 5) is 15.5. The van der Waals surface area contributed by atoms with Gasteiger partial charge in [-0.15, -0.1) is 0 Å². The first-order valence-electron chi connectivity index (χ1n) is 9.49. The highest BCUT2D eigenvalue weighted by Gasteiger charge is 2.22. The van der Waals surface area contributed by atoms with Crippen molar-refractivity contribution in [1.82, 2.24) is 9.40 Å². The molecule has 0 fully saturated rings. The number of carbonyl (C=O) groups excluding carboxylic acids is 1. The Balaban J connectivity index is 1.73. The smallest absolute Gasteiger partial charge is 0.268 e. The number of nitrogens with one attached hydrogen (secondary N) is 1. The number of rotatable bonds is 5. The van der Waals surface area contributed by atoms with E-state index >= 15 is 0 Å². The molecule has 0 saturated carbocycles. The molecule has 0 bridgehead atoms. The molecule has 162 valence electrons. The summed E-state index contributed by atoms with van der Waals surface area (Å²) in [6, 6.07) is 20.1. The Morgan fingerprint density at radius 3 is 2.34 bits per heavy atom. The molecule has 1 heterocycles. The van der Waals surface area contributed by atoms with Gasteiger partial charge in [-0.25, -0.2) is 4.83 Å². The molecule has 1 N–H and O–H groups in total. The van der Waals surface area contributed by atoms with Crippen molar-refractivity contribution < 1.29 is 13.2 Å². The van der Waals surface area contributed by atoms with E-state index < -0.39 is 15.9 Å². The van der Waals surface area contributed by atoms with Crippen LogP contribution in [-0.4, -0.2) is 25.1 Å². The minimum Gasteiger partial charge on any atom is -0.268 e. The van der Waals surface area contributed by atoms with E-state index in [0.717, 1.165) is 5.56 Å². The van der Waals surface area contributed by atoms with Crippen LogP contribution in [0, 0.1) is 6.92 Å². The van der Waals surface area contributed by atoms with Gasteiger partial charge in [-0.05, 0) is 37.3 Å². The highest BCUT2D eigenvalue weighted by atomic mass is 35.5. The molecule has 0 amide bonds. The van der Waals surface area contributed by atoms with Crippen molar-refractivity contribution in [1.29, 1.82) is 0 Å². The third kappa shape index (κ3) is 4.14. The lowest BCUT2D eigenvalue weighted by Gasteiger charge is -2.07. The van der Waals surface area contributed by atoms with Crippen LogP contribution in [0.3, 0.4) is 0 Å². The van der Waals surface area contributed by atoms with E-state index in [9.17, 15) is 13.2 Å². The fourth-order valence-electron chi connectivity index (χ4n) is 3.24. The van der Waals surface area contributed by atoms with E-state index in [4.69, 9.17) is 23.2 Å². The second kappa shape index (κ2) is 8.78. The zero-order valence-electron chi connectivity index (χ0n) is 16.8. The van der Waals surface area contributed by atoms with Gasteiger partial charge in [-0.3, -0.25) is 9.36 Å². The number of hydrogen-bond acceptors (Lipinski definition) is 4. The van der Waals surface area contributed by atoms with Gasteiger partial charge in [0.15, 0.2) is 0 Å². The number of fused-ring (bicyclic) bond motifs is 1. The molecule has 0 aliphatic carbocycles. The van der Waals surface area contributed by atoms with Crippen LogP contribution in [-0.2, 0) is 10.0 Å². The standard InChI is InChI=1S/C23H17Cl2N3O3S/c1-15-10-12-16(13-11-15)32(30,31)27-26-14-19-17-6-3-5-9-21(17)28(22(19)25)23(29)18-7-2-4-8-20(18)24/h2-14,27H,1H3/b26-14+. The van der Waals surface area contributed by atoms with Crippen molar-refractivity contribution >= 4 is 56.2 Å². The molecule has 3 aromatic carbocycles. The van der Waals surface area contributed by atoms with E-state index in [1.165, 1.54) is 22.9 Å². The summed E-state index contributed by atoms with van der Waals surface area (Å²) < 4.78 is 26.3. The summed E-state index contributed by atoms with van der Waals surface area (Å²) in [5, 5.41) is 4.91. The first kappa shape index (κ1) is 22.1. The van der Waals surface area contributed by atoms with Gasteiger partial charge in [0.05, 0.1) is 27.2 Å². The Kier molecular flexibility index (Phi) is 6.06. The number of hydrogen-bond donors (Lipinski definition) is 1. The van der Waals surface area contributed by atoms with Gasteiger partial charge >= 0.3 is 0 Å². The van der Waals surface area contributed by atoms with Crippen molar-refractivity contribution in [3.63, 3.8) is 0 Å². The van der Waals surface area contributed by atoms with Crippen LogP contribution in [0.4, 0.5) is 0 Å². The predicted octanol–water partition coefficient (Wildman–Crippen LogP) is 5.26. The SMILES string of the molecule is Cc1ccc(S(=O)(=O)N/N=C/c2c(Cl)n(C(=O)c3ccccc3Cl)c3ccccc23)cc1. The maximum Gasteiger partial charge on any atom is 0.276 e. The van der Waals surface area contributed by atoms with Crippen molar-refractivity contribution in [2.75, 3.05) is 0 Å². The van der Waals surface area contributed by atoms with Crippen LogP contribution in [0.2, 0.25) is 10.2 Å². The summed E-state index contributed by atoms with van der Waals surface area (Å²) in [5.41, 5.74) is 2.18. The zero-order chi connectivity index (χ0) is 22.9. The highest BCUT2D eigenvalue weighted by Crippen LogP contribution is 2.30. The maximum absolute atomic E-state index is 13.2. The topological polar surface area (TPSA) is 80.5 Å². The first-order valence-corrected chi connectivity index (χ1v) is 11.7. The molecule has 4 rings (SSSR count). The minimum absolute atomic E-state index is 0.0858. The van der Waals surface area contributed by atoms with Gasteiger partial charge in [-0.1, -0.05) is 71.2 Å². The van der Waals surface area contributed by atoms with Crippen LogP contribution in [0.15, 0.2) is 82.8 Å². The first-order chi connectivity index (χ1) is 15.3. The van der Waals surface area contributed by atoms with E-state index in [0.29, 0.717) is 27.1 Å². The molecule has 32 heavy (non-hydrogen) atoms. The van der Waals surface area contributed by atoms with Crippen LogP contribution in [0.1, 0.15) is 21.5 Å². The highest BCUT2D eigenvalue weighted by molar-refractivity contribution is 7.89. The second-order valence-electron chi connectivity index (χ2n) is 7.01. The number of sulfonamides is 1. The van der Waals surface area contributed by atoms with Gasteiger partial charge in [-0.2, -0.15) is 13.5 Å². The predicted molar refractivity (Wildman–Crippen MR) is 127 cm³/mol. The largest absolute Gasteiger partial charge is 0.276 e. The molecule has 6 nitrogen and oxygen atoms in total. The molecule has 0 aliphatic heterocycles. The average molecular weight is 486 g/mol. The van der Waals surface area contributed by atoms with Crippen LogP contribution in [0.5, 0.6) is 0 Å². The van der Waals surface area contributed by atoms with Gasteiger partial charge in [0.1, 0.15) is 5.15 Å². The molecule has 0 unspecified atom stereocenters. The Hall–Kier alpha value is -3.13. The number of hydrazone groups is 1. The molecule has 1 aromatic heterocycles. The third-order valence-electron chi connectivity index (χ3n) is 4.86. The molecule has 0 spiro atoms.